The number of allylic oxidation sites excluding steroid dienone is 3. The fourth-order valence-electron chi connectivity index (χ4n) is 4.09. The summed E-state index contributed by atoms with van der Waals surface area (Å²) >= 11 is 0. The van der Waals surface area contributed by atoms with E-state index >= 15 is 0 Å². The lowest BCUT2D eigenvalue weighted by Crippen LogP contribution is -2.09. The number of rotatable bonds is 7. The zero-order chi connectivity index (χ0) is 24.6. The summed E-state index contributed by atoms with van der Waals surface area (Å²) in [7, 11) is 0. The molecule has 1 nitrogen and oxygen atoms in total. The molecule has 0 aliphatic heterocycles. The largest absolute Gasteiger partial charge is 0.317 e. The Morgan fingerprint density at radius 1 is 0.486 bits per heavy atom. The van der Waals surface area contributed by atoms with Gasteiger partial charge in [-0.15, -0.1) is 0 Å². The molecule has 0 aliphatic rings. The van der Waals surface area contributed by atoms with Crippen LogP contribution in [0.3, 0.4) is 0 Å². The van der Waals surface area contributed by atoms with E-state index in [0.717, 1.165) is 11.4 Å². The van der Waals surface area contributed by atoms with Crippen LogP contribution >= 0.6 is 0 Å². The summed E-state index contributed by atoms with van der Waals surface area (Å²) in [5.41, 5.74) is 10.9. The van der Waals surface area contributed by atoms with E-state index in [1.165, 1.54) is 39.0 Å². The van der Waals surface area contributed by atoms with E-state index in [1.807, 2.05) is 0 Å². The minimum Gasteiger partial charge on any atom is -0.317 e. The van der Waals surface area contributed by atoms with Crippen LogP contribution in [0.1, 0.15) is 49.9 Å². The molecule has 0 N–H and O–H groups in total. The van der Waals surface area contributed by atoms with Crippen LogP contribution in [0.4, 0.5) is 11.4 Å². The first-order valence-corrected chi connectivity index (χ1v) is 12.1. The van der Waals surface area contributed by atoms with Crippen LogP contribution in [0.5, 0.6) is 0 Å². The molecule has 4 rings (SSSR count). The molecule has 0 radical (unpaired) electrons. The van der Waals surface area contributed by atoms with Gasteiger partial charge in [0.15, 0.2) is 0 Å². The molecule has 174 valence electrons. The molecule has 0 heterocycles. The number of anilines is 2. The lowest BCUT2D eigenvalue weighted by molar-refractivity contribution is 1.22. The maximum atomic E-state index is 2.25. The summed E-state index contributed by atoms with van der Waals surface area (Å²) < 4.78 is 0. The molecule has 0 saturated carbocycles. The quantitative estimate of drug-likeness (QED) is 0.251. The SMILES string of the molecule is CC(C)=CN(c1ccc(C=C(C)c2ccccc2)cc1)c1ccc(C=C(C)c2ccccc2)cc1. The molecule has 1 heteroatoms. The zero-order valence-electron chi connectivity index (χ0n) is 21.1. The van der Waals surface area contributed by atoms with Crippen molar-refractivity contribution in [3.8, 4) is 0 Å². The normalized spacial score (nSPS) is 11.8. The topological polar surface area (TPSA) is 3.24 Å². The molecule has 0 atom stereocenters. The number of hydrogen-bond donors (Lipinski definition) is 0. The second-order valence-electron chi connectivity index (χ2n) is 9.15. The van der Waals surface area contributed by atoms with Gasteiger partial charge in [0.05, 0.1) is 0 Å². The highest BCUT2D eigenvalue weighted by Crippen LogP contribution is 2.29. The molecule has 35 heavy (non-hydrogen) atoms. The molecular formula is C34H33N. The van der Waals surface area contributed by atoms with E-state index in [2.05, 4.69) is 160 Å². The van der Waals surface area contributed by atoms with Gasteiger partial charge in [0.2, 0.25) is 0 Å². The third-order valence-corrected chi connectivity index (χ3v) is 5.95. The Bertz CT molecular complexity index is 1220. The lowest BCUT2D eigenvalue weighted by Gasteiger charge is -2.22. The summed E-state index contributed by atoms with van der Waals surface area (Å²) in [5, 5.41) is 0. The van der Waals surface area contributed by atoms with Crippen LogP contribution in [0.2, 0.25) is 0 Å². The Kier molecular flexibility index (Phi) is 7.80. The molecule has 4 aromatic rings. The van der Waals surface area contributed by atoms with Gasteiger partial charge in [0.1, 0.15) is 0 Å². The number of hydrogen-bond acceptors (Lipinski definition) is 1. The standard InChI is InChI=1S/C34H33N/c1-26(2)25-35(33-19-15-29(16-20-33)23-27(3)31-11-7-5-8-12-31)34-21-17-30(18-22-34)24-28(4)32-13-9-6-10-14-32/h5-25H,1-4H3. The number of nitrogens with zero attached hydrogens (tertiary/aromatic N) is 1. The molecule has 0 saturated heterocycles. The summed E-state index contributed by atoms with van der Waals surface area (Å²) in [5.74, 6) is 0. The molecule has 0 spiro atoms. The summed E-state index contributed by atoms with van der Waals surface area (Å²) in [4.78, 5) is 2.25. The van der Waals surface area contributed by atoms with E-state index in [4.69, 9.17) is 0 Å². The molecule has 0 aromatic heterocycles. The predicted octanol–water partition coefficient (Wildman–Crippen LogP) is 9.87. The van der Waals surface area contributed by atoms with E-state index in [0.29, 0.717) is 0 Å². The van der Waals surface area contributed by atoms with Crippen molar-refractivity contribution in [3.05, 3.63) is 143 Å². The van der Waals surface area contributed by atoms with Gasteiger partial charge in [-0.2, -0.15) is 0 Å². The van der Waals surface area contributed by atoms with Gasteiger partial charge >= 0.3 is 0 Å². The summed E-state index contributed by atoms with van der Waals surface area (Å²) in [6, 6.07) is 38.5. The zero-order valence-corrected chi connectivity index (χ0v) is 21.1. The first-order chi connectivity index (χ1) is 17.0. The van der Waals surface area contributed by atoms with Crippen LogP contribution in [0.15, 0.2) is 121 Å². The van der Waals surface area contributed by atoms with Gasteiger partial charge in [-0.1, -0.05) is 103 Å². The molecular weight excluding hydrogens is 422 g/mol. The van der Waals surface area contributed by atoms with Gasteiger partial charge in [-0.3, -0.25) is 0 Å². The smallest absolute Gasteiger partial charge is 0.0455 e. The molecule has 0 fully saturated rings. The van der Waals surface area contributed by atoms with Crippen LogP contribution < -0.4 is 4.90 Å². The highest BCUT2D eigenvalue weighted by atomic mass is 15.1. The third-order valence-electron chi connectivity index (χ3n) is 5.95. The van der Waals surface area contributed by atoms with Crippen molar-refractivity contribution in [3.63, 3.8) is 0 Å². The van der Waals surface area contributed by atoms with Gasteiger partial charge in [-0.05, 0) is 85.4 Å². The average Bonchev–Trinajstić information content (AvgIpc) is 2.89. The maximum absolute atomic E-state index is 2.25. The highest BCUT2D eigenvalue weighted by molar-refractivity contribution is 5.82. The third kappa shape index (κ3) is 6.49. The van der Waals surface area contributed by atoms with Crippen molar-refractivity contribution < 1.29 is 0 Å². The van der Waals surface area contributed by atoms with Crippen LogP contribution in [-0.4, -0.2) is 0 Å². The van der Waals surface area contributed by atoms with Crippen molar-refractivity contribution >= 4 is 34.7 Å². The molecule has 0 bridgehead atoms. The second kappa shape index (κ2) is 11.4. The van der Waals surface area contributed by atoms with Crippen LogP contribution in [0, 0.1) is 0 Å². The van der Waals surface area contributed by atoms with Crippen LogP contribution in [0.25, 0.3) is 23.3 Å². The molecule has 0 aliphatic carbocycles. The second-order valence-corrected chi connectivity index (χ2v) is 9.15. The van der Waals surface area contributed by atoms with Crippen LogP contribution in [-0.2, 0) is 0 Å². The van der Waals surface area contributed by atoms with Gasteiger partial charge < -0.3 is 4.90 Å². The number of benzene rings is 4. The summed E-state index contributed by atoms with van der Waals surface area (Å²) in [6.45, 7) is 8.59. The lowest BCUT2D eigenvalue weighted by atomic mass is 10.0. The van der Waals surface area contributed by atoms with Crippen molar-refractivity contribution in [1.82, 2.24) is 0 Å². The molecule has 0 unspecified atom stereocenters. The van der Waals surface area contributed by atoms with Gasteiger partial charge in [-0.25, -0.2) is 0 Å². The Hall–Kier alpha value is -4.10. The predicted molar refractivity (Wildman–Crippen MR) is 154 cm³/mol. The Morgan fingerprint density at radius 3 is 1.20 bits per heavy atom. The monoisotopic (exact) mass is 455 g/mol. The molecule has 4 aromatic carbocycles. The van der Waals surface area contributed by atoms with E-state index in [9.17, 15) is 0 Å². The Balaban J connectivity index is 1.57. The average molecular weight is 456 g/mol. The van der Waals surface area contributed by atoms with E-state index < -0.39 is 0 Å². The minimum atomic E-state index is 1.14. The fraction of sp³-hybridized carbons (Fsp3) is 0.118. The van der Waals surface area contributed by atoms with Crippen molar-refractivity contribution in [2.24, 2.45) is 0 Å². The maximum Gasteiger partial charge on any atom is 0.0455 e. The Labute approximate surface area is 210 Å². The van der Waals surface area contributed by atoms with Crippen molar-refractivity contribution in [1.29, 1.82) is 0 Å². The van der Waals surface area contributed by atoms with Crippen molar-refractivity contribution in [2.75, 3.05) is 4.90 Å². The first kappa shape index (κ1) is 24.0. The highest BCUT2D eigenvalue weighted by Gasteiger charge is 2.08. The van der Waals surface area contributed by atoms with Gasteiger partial charge in [0.25, 0.3) is 0 Å². The van der Waals surface area contributed by atoms with E-state index in [-0.39, 0.29) is 0 Å². The van der Waals surface area contributed by atoms with Gasteiger partial charge in [0, 0.05) is 17.6 Å². The Morgan fingerprint density at radius 2 is 0.857 bits per heavy atom. The minimum absolute atomic E-state index is 1.14. The molecule has 0 amide bonds. The fourth-order valence-corrected chi connectivity index (χ4v) is 4.09. The summed E-state index contributed by atoms with van der Waals surface area (Å²) in [6.07, 6.45) is 6.67. The van der Waals surface area contributed by atoms with Crippen molar-refractivity contribution in [2.45, 2.75) is 27.7 Å². The first-order valence-electron chi connectivity index (χ1n) is 12.1. The van der Waals surface area contributed by atoms with E-state index in [1.54, 1.807) is 0 Å².